The molecule has 27 heavy (non-hydrogen) atoms. The van der Waals surface area contributed by atoms with Crippen molar-refractivity contribution in [2.24, 2.45) is 5.10 Å². The van der Waals surface area contributed by atoms with Crippen LogP contribution in [0.3, 0.4) is 0 Å². The molecular weight excluding hydrogens is 364 g/mol. The van der Waals surface area contributed by atoms with Gasteiger partial charge < -0.3 is 0 Å². The number of anilines is 1. The van der Waals surface area contributed by atoms with Crippen molar-refractivity contribution in [2.45, 2.75) is 4.90 Å². The zero-order valence-corrected chi connectivity index (χ0v) is 14.9. The third-order valence-corrected chi connectivity index (χ3v) is 4.91. The molecular formula is C19H16N4O3S. The third-order valence-electron chi connectivity index (χ3n) is 3.52. The molecule has 2 N–H and O–H groups in total. The molecule has 3 aromatic rings. The standard InChI is InChI=1S/C19H16N4O3S/c24-19(22-21-14-15-5-4-12-20-13-15)16-8-10-17(11-9-16)23-27(25,26)18-6-2-1-3-7-18/h1-14,23H,(H,22,24). The Bertz CT molecular complexity index is 1040. The van der Waals surface area contributed by atoms with Crippen molar-refractivity contribution in [3.05, 3.63) is 90.3 Å². The molecule has 0 unspecified atom stereocenters. The quantitative estimate of drug-likeness (QED) is 0.507. The number of hydrogen-bond acceptors (Lipinski definition) is 5. The lowest BCUT2D eigenvalue weighted by Gasteiger charge is -2.08. The second-order valence-electron chi connectivity index (χ2n) is 5.48. The van der Waals surface area contributed by atoms with Crippen molar-refractivity contribution in [1.82, 2.24) is 10.4 Å². The molecule has 0 atom stereocenters. The lowest BCUT2D eigenvalue weighted by molar-refractivity contribution is 0.0955. The Morgan fingerprint density at radius 2 is 1.70 bits per heavy atom. The van der Waals surface area contributed by atoms with Gasteiger partial charge in [0.15, 0.2) is 0 Å². The number of hydrazone groups is 1. The van der Waals surface area contributed by atoms with Crippen LogP contribution in [-0.2, 0) is 10.0 Å². The van der Waals surface area contributed by atoms with Gasteiger partial charge in [-0.15, -0.1) is 0 Å². The van der Waals surface area contributed by atoms with Crippen molar-refractivity contribution >= 4 is 27.8 Å². The molecule has 1 amide bonds. The molecule has 0 bridgehead atoms. The van der Waals surface area contributed by atoms with Gasteiger partial charge >= 0.3 is 0 Å². The Balaban J connectivity index is 1.63. The first-order valence-electron chi connectivity index (χ1n) is 7.96. The molecule has 1 heterocycles. The summed E-state index contributed by atoms with van der Waals surface area (Å²) in [6.07, 6.45) is 4.74. The van der Waals surface area contributed by atoms with E-state index in [1.807, 2.05) is 0 Å². The molecule has 0 aliphatic heterocycles. The fraction of sp³-hybridized carbons (Fsp3) is 0. The molecule has 0 fully saturated rings. The maximum Gasteiger partial charge on any atom is 0.271 e. The van der Waals surface area contributed by atoms with Crippen molar-refractivity contribution in [1.29, 1.82) is 0 Å². The molecule has 0 spiro atoms. The van der Waals surface area contributed by atoms with E-state index in [0.29, 0.717) is 11.3 Å². The highest BCUT2D eigenvalue weighted by Crippen LogP contribution is 2.16. The minimum atomic E-state index is -3.67. The Hall–Kier alpha value is -3.52. The molecule has 3 rings (SSSR count). The smallest absolute Gasteiger partial charge is 0.271 e. The number of pyridine rings is 1. The highest BCUT2D eigenvalue weighted by atomic mass is 32.2. The number of amides is 1. The molecule has 1 aromatic heterocycles. The lowest BCUT2D eigenvalue weighted by atomic mass is 10.2. The molecule has 0 saturated carbocycles. The van der Waals surface area contributed by atoms with Gasteiger partial charge in [-0.3, -0.25) is 14.5 Å². The van der Waals surface area contributed by atoms with Crippen LogP contribution in [0, 0.1) is 0 Å². The van der Waals surface area contributed by atoms with Crippen LogP contribution in [0.4, 0.5) is 5.69 Å². The van der Waals surface area contributed by atoms with Crippen LogP contribution in [-0.4, -0.2) is 25.5 Å². The van der Waals surface area contributed by atoms with Crippen LogP contribution in [0.5, 0.6) is 0 Å². The summed E-state index contributed by atoms with van der Waals surface area (Å²) in [7, 11) is -3.67. The average molecular weight is 380 g/mol. The molecule has 0 aliphatic carbocycles. The molecule has 7 nitrogen and oxygen atoms in total. The van der Waals surface area contributed by atoms with E-state index in [4.69, 9.17) is 0 Å². The topological polar surface area (TPSA) is 101 Å². The van der Waals surface area contributed by atoms with E-state index >= 15 is 0 Å². The van der Waals surface area contributed by atoms with Gasteiger partial charge in [-0.25, -0.2) is 13.8 Å². The van der Waals surface area contributed by atoms with E-state index in [9.17, 15) is 13.2 Å². The minimum absolute atomic E-state index is 0.163. The van der Waals surface area contributed by atoms with Gasteiger partial charge in [0.1, 0.15) is 0 Å². The Kier molecular flexibility index (Phi) is 5.58. The molecule has 8 heteroatoms. The van der Waals surface area contributed by atoms with E-state index in [-0.39, 0.29) is 4.90 Å². The highest BCUT2D eigenvalue weighted by Gasteiger charge is 2.13. The second kappa shape index (κ2) is 8.24. The van der Waals surface area contributed by atoms with Gasteiger partial charge in [-0.05, 0) is 42.5 Å². The number of carbonyl (C=O) groups excluding carboxylic acids is 1. The van der Waals surface area contributed by atoms with Crippen LogP contribution in [0.15, 0.2) is 89.1 Å². The summed E-state index contributed by atoms with van der Waals surface area (Å²) in [6, 6.07) is 17.7. The van der Waals surface area contributed by atoms with Crippen LogP contribution in [0.25, 0.3) is 0 Å². The van der Waals surface area contributed by atoms with Crippen molar-refractivity contribution in [2.75, 3.05) is 4.72 Å². The summed E-state index contributed by atoms with van der Waals surface area (Å²) < 4.78 is 27.0. The summed E-state index contributed by atoms with van der Waals surface area (Å²) in [5, 5.41) is 3.86. The summed E-state index contributed by atoms with van der Waals surface area (Å²) in [5.74, 6) is -0.410. The first-order chi connectivity index (χ1) is 13.0. The second-order valence-corrected chi connectivity index (χ2v) is 7.16. The molecule has 0 radical (unpaired) electrons. The number of hydrogen-bond donors (Lipinski definition) is 2. The number of nitrogens with zero attached hydrogens (tertiary/aromatic N) is 2. The van der Waals surface area contributed by atoms with E-state index in [1.54, 1.807) is 42.7 Å². The molecule has 136 valence electrons. The average Bonchev–Trinajstić information content (AvgIpc) is 2.70. The number of rotatable bonds is 6. The van der Waals surface area contributed by atoms with Crippen LogP contribution in [0.1, 0.15) is 15.9 Å². The SMILES string of the molecule is O=C(NN=Cc1cccnc1)c1ccc(NS(=O)(=O)c2ccccc2)cc1. The van der Waals surface area contributed by atoms with Gasteiger partial charge in [0.2, 0.25) is 0 Å². The van der Waals surface area contributed by atoms with Crippen molar-refractivity contribution in [3.63, 3.8) is 0 Å². The van der Waals surface area contributed by atoms with E-state index in [0.717, 1.165) is 5.56 Å². The lowest BCUT2D eigenvalue weighted by Crippen LogP contribution is -2.18. The number of sulfonamides is 1. The van der Waals surface area contributed by atoms with E-state index in [2.05, 4.69) is 20.2 Å². The molecule has 0 saturated heterocycles. The predicted molar refractivity (Wildman–Crippen MR) is 103 cm³/mol. The van der Waals surface area contributed by atoms with E-state index in [1.165, 1.54) is 42.6 Å². The van der Waals surface area contributed by atoms with Crippen molar-refractivity contribution < 1.29 is 13.2 Å². The third kappa shape index (κ3) is 4.99. The zero-order chi connectivity index (χ0) is 19.1. The fourth-order valence-electron chi connectivity index (χ4n) is 2.19. The first kappa shape index (κ1) is 18.3. The van der Waals surface area contributed by atoms with Gasteiger partial charge in [-0.1, -0.05) is 24.3 Å². The highest BCUT2D eigenvalue weighted by molar-refractivity contribution is 7.92. The summed E-state index contributed by atoms with van der Waals surface area (Å²) in [4.78, 5) is 16.2. The van der Waals surface area contributed by atoms with Gasteiger partial charge in [0, 0.05) is 29.2 Å². The number of benzene rings is 2. The molecule has 0 aliphatic rings. The van der Waals surface area contributed by atoms with Gasteiger partial charge in [0.25, 0.3) is 15.9 Å². The zero-order valence-electron chi connectivity index (χ0n) is 14.1. The Morgan fingerprint density at radius 1 is 0.963 bits per heavy atom. The number of nitrogens with one attached hydrogen (secondary N) is 2. The number of carbonyl (C=O) groups is 1. The monoisotopic (exact) mass is 380 g/mol. The maximum atomic E-state index is 12.3. The summed E-state index contributed by atoms with van der Waals surface area (Å²) in [5.41, 5.74) is 3.86. The Labute approximate surface area is 156 Å². The normalized spacial score (nSPS) is 11.3. The van der Waals surface area contributed by atoms with Crippen LogP contribution < -0.4 is 10.1 Å². The molecule has 2 aromatic carbocycles. The van der Waals surface area contributed by atoms with Crippen LogP contribution >= 0.6 is 0 Å². The number of aromatic nitrogens is 1. The van der Waals surface area contributed by atoms with Gasteiger partial charge in [-0.2, -0.15) is 5.10 Å². The largest absolute Gasteiger partial charge is 0.280 e. The van der Waals surface area contributed by atoms with E-state index < -0.39 is 15.9 Å². The first-order valence-corrected chi connectivity index (χ1v) is 9.44. The maximum absolute atomic E-state index is 12.3. The van der Waals surface area contributed by atoms with Crippen molar-refractivity contribution in [3.8, 4) is 0 Å². The minimum Gasteiger partial charge on any atom is -0.280 e. The van der Waals surface area contributed by atoms with Crippen LogP contribution in [0.2, 0.25) is 0 Å². The Morgan fingerprint density at radius 3 is 2.37 bits per heavy atom. The summed E-state index contributed by atoms with van der Waals surface area (Å²) in [6.45, 7) is 0. The predicted octanol–water partition coefficient (Wildman–Crippen LogP) is 2.65. The fourth-order valence-corrected chi connectivity index (χ4v) is 3.27. The van der Waals surface area contributed by atoms with Gasteiger partial charge in [0.05, 0.1) is 11.1 Å². The summed E-state index contributed by atoms with van der Waals surface area (Å²) >= 11 is 0.